The van der Waals surface area contributed by atoms with Crippen molar-refractivity contribution in [2.45, 2.75) is 38.6 Å². The molecule has 102 valence electrons. The lowest BCUT2D eigenvalue weighted by molar-refractivity contribution is 0.0911. The minimum Gasteiger partial charge on any atom is -0.465 e. The number of hydrogen-bond donors (Lipinski definition) is 1. The summed E-state index contributed by atoms with van der Waals surface area (Å²) in [6.45, 7) is 2.96. The van der Waals surface area contributed by atoms with E-state index in [2.05, 4.69) is 5.32 Å². The molecule has 1 saturated heterocycles. The van der Waals surface area contributed by atoms with Crippen LogP contribution in [0.5, 0.6) is 0 Å². The Morgan fingerprint density at radius 2 is 2.21 bits per heavy atom. The number of nitrogens with one attached hydrogen (secondary N) is 1. The van der Waals surface area contributed by atoms with Gasteiger partial charge in [0.25, 0.3) is 5.91 Å². The lowest BCUT2D eigenvalue weighted by Crippen LogP contribution is -2.36. The number of Topliss-reactive ketones (excluding diaryl/α,β-unsaturated/α-hetero) is 1. The van der Waals surface area contributed by atoms with Gasteiger partial charge in [-0.2, -0.15) is 0 Å². The number of carbonyl (C=O) groups excluding carboxylic acids is 2. The normalized spacial score (nSPS) is 22.4. The first-order valence-electron chi connectivity index (χ1n) is 6.71. The van der Waals surface area contributed by atoms with Crippen molar-refractivity contribution in [3.05, 3.63) is 22.6 Å². The van der Waals surface area contributed by atoms with Gasteiger partial charge in [0, 0.05) is 19.4 Å². The third kappa shape index (κ3) is 2.18. The molecule has 1 atom stereocenters. The summed E-state index contributed by atoms with van der Waals surface area (Å²) < 4.78 is 10.8. The van der Waals surface area contributed by atoms with Crippen LogP contribution in [0.1, 0.15) is 51.5 Å². The minimum atomic E-state index is -0.215. The Balaban J connectivity index is 1.89. The number of fused-ring (bicyclic) bond motifs is 1. The molecule has 1 aliphatic carbocycles. The average molecular weight is 263 g/mol. The number of hydrogen-bond acceptors (Lipinski definition) is 4. The Morgan fingerprint density at radius 1 is 1.37 bits per heavy atom. The van der Waals surface area contributed by atoms with Crippen LogP contribution < -0.4 is 5.32 Å². The number of ketones is 1. The minimum absolute atomic E-state index is 0.0194. The van der Waals surface area contributed by atoms with Crippen LogP contribution in [0.2, 0.25) is 0 Å². The predicted molar refractivity (Wildman–Crippen MR) is 67.4 cm³/mol. The van der Waals surface area contributed by atoms with Crippen LogP contribution in [0.15, 0.2) is 4.42 Å². The van der Waals surface area contributed by atoms with Crippen molar-refractivity contribution in [2.24, 2.45) is 0 Å². The van der Waals surface area contributed by atoms with Crippen LogP contribution in [0.4, 0.5) is 0 Å². The standard InChI is InChI=1S/C14H17NO4/c1-8-12(14(17)15-9-5-6-18-7-9)13-10(16)3-2-4-11(13)19-8/h9H,2-7H2,1H3,(H,15,17)/t9-/m0/s1. The van der Waals surface area contributed by atoms with Gasteiger partial charge in [0.05, 0.1) is 23.8 Å². The fourth-order valence-electron chi connectivity index (χ4n) is 2.79. The molecule has 0 radical (unpaired) electrons. The summed E-state index contributed by atoms with van der Waals surface area (Å²) in [6.07, 6.45) is 2.86. The second-order valence-electron chi connectivity index (χ2n) is 5.14. The van der Waals surface area contributed by atoms with Crippen LogP contribution in [0, 0.1) is 6.92 Å². The average Bonchev–Trinajstić information content (AvgIpc) is 2.96. The highest BCUT2D eigenvalue weighted by Gasteiger charge is 2.31. The molecule has 0 aromatic carbocycles. The largest absolute Gasteiger partial charge is 0.465 e. The molecule has 1 aromatic heterocycles. The molecule has 0 unspecified atom stereocenters. The topological polar surface area (TPSA) is 68.5 Å². The predicted octanol–water partition coefficient (Wildman–Crippen LogP) is 1.63. The summed E-state index contributed by atoms with van der Waals surface area (Å²) in [7, 11) is 0. The highest BCUT2D eigenvalue weighted by atomic mass is 16.5. The van der Waals surface area contributed by atoms with Gasteiger partial charge in [0.2, 0.25) is 0 Å². The van der Waals surface area contributed by atoms with Crippen molar-refractivity contribution in [2.75, 3.05) is 13.2 Å². The van der Waals surface area contributed by atoms with Crippen molar-refractivity contribution in [1.82, 2.24) is 5.32 Å². The van der Waals surface area contributed by atoms with E-state index in [0.717, 1.165) is 19.3 Å². The molecule has 1 aromatic rings. The molecule has 2 aliphatic rings. The zero-order valence-electron chi connectivity index (χ0n) is 11.0. The highest BCUT2D eigenvalue weighted by molar-refractivity contribution is 6.10. The Labute approximate surface area is 111 Å². The Morgan fingerprint density at radius 3 is 2.95 bits per heavy atom. The van der Waals surface area contributed by atoms with E-state index in [-0.39, 0.29) is 17.7 Å². The maximum absolute atomic E-state index is 12.3. The highest BCUT2D eigenvalue weighted by Crippen LogP contribution is 2.29. The van der Waals surface area contributed by atoms with E-state index >= 15 is 0 Å². The van der Waals surface area contributed by atoms with Crippen LogP contribution >= 0.6 is 0 Å². The van der Waals surface area contributed by atoms with Gasteiger partial charge >= 0.3 is 0 Å². The first kappa shape index (κ1) is 12.4. The number of carbonyl (C=O) groups is 2. The number of amides is 1. The molecule has 5 heteroatoms. The molecule has 0 saturated carbocycles. The molecule has 1 aliphatic heterocycles. The van der Waals surface area contributed by atoms with Gasteiger partial charge < -0.3 is 14.5 Å². The van der Waals surface area contributed by atoms with E-state index in [0.29, 0.717) is 42.3 Å². The number of furan rings is 1. The maximum atomic E-state index is 12.3. The summed E-state index contributed by atoms with van der Waals surface area (Å²) in [6, 6.07) is 0.0381. The molecule has 1 N–H and O–H groups in total. The second kappa shape index (κ2) is 4.81. The van der Waals surface area contributed by atoms with Gasteiger partial charge in [-0.1, -0.05) is 0 Å². The zero-order valence-corrected chi connectivity index (χ0v) is 11.0. The van der Waals surface area contributed by atoms with Gasteiger partial charge in [-0.05, 0) is 19.8 Å². The van der Waals surface area contributed by atoms with E-state index in [1.54, 1.807) is 6.92 Å². The smallest absolute Gasteiger partial charge is 0.255 e. The zero-order chi connectivity index (χ0) is 13.4. The monoisotopic (exact) mass is 263 g/mol. The summed E-state index contributed by atoms with van der Waals surface area (Å²) in [5.74, 6) is 1.01. The molecule has 1 amide bonds. The Kier molecular flexibility index (Phi) is 3.14. The van der Waals surface area contributed by atoms with E-state index in [9.17, 15) is 9.59 Å². The molecule has 2 heterocycles. The SMILES string of the molecule is Cc1oc2c(c1C(=O)N[C@H]1CCOC1)C(=O)CCC2. The third-order valence-electron chi connectivity index (χ3n) is 3.74. The third-order valence-corrected chi connectivity index (χ3v) is 3.74. The molecular formula is C14H17NO4. The van der Waals surface area contributed by atoms with Crippen LogP contribution in [0.3, 0.4) is 0 Å². The van der Waals surface area contributed by atoms with Gasteiger partial charge in [0.1, 0.15) is 11.5 Å². The molecule has 5 nitrogen and oxygen atoms in total. The van der Waals surface area contributed by atoms with Gasteiger partial charge in [-0.15, -0.1) is 0 Å². The summed E-state index contributed by atoms with van der Waals surface area (Å²) in [4.78, 5) is 24.3. The molecule has 3 rings (SSSR count). The molecule has 0 spiro atoms. The van der Waals surface area contributed by atoms with Crippen molar-refractivity contribution in [3.8, 4) is 0 Å². The number of rotatable bonds is 2. The first-order chi connectivity index (χ1) is 9.16. The lowest BCUT2D eigenvalue weighted by atomic mass is 9.93. The van der Waals surface area contributed by atoms with E-state index in [4.69, 9.17) is 9.15 Å². The van der Waals surface area contributed by atoms with Gasteiger partial charge in [-0.3, -0.25) is 9.59 Å². The summed E-state index contributed by atoms with van der Waals surface area (Å²) in [5.41, 5.74) is 0.923. The van der Waals surface area contributed by atoms with E-state index in [1.807, 2.05) is 0 Å². The van der Waals surface area contributed by atoms with Crippen LogP contribution in [0.25, 0.3) is 0 Å². The lowest BCUT2D eigenvalue weighted by Gasteiger charge is -2.13. The Bertz CT molecular complexity index is 526. The van der Waals surface area contributed by atoms with Crippen LogP contribution in [-0.2, 0) is 11.2 Å². The first-order valence-corrected chi connectivity index (χ1v) is 6.71. The quantitative estimate of drug-likeness (QED) is 0.880. The number of aryl methyl sites for hydroxylation is 2. The van der Waals surface area contributed by atoms with Gasteiger partial charge in [-0.25, -0.2) is 0 Å². The maximum Gasteiger partial charge on any atom is 0.255 e. The van der Waals surface area contributed by atoms with Crippen molar-refractivity contribution < 1.29 is 18.7 Å². The van der Waals surface area contributed by atoms with E-state index < -0.39 is 0 Å². The molecule has 19 heavy (non-hydrogen) atoms. The fraction of sp³-hybridized carbons (Fsp3) is 0.571. The molecule has 1 fully saturated rings. The Hall–Kier alpha value is -1.62. The fourth-order valence-corrected chi connectivity index (χ4v) is 2.79. The summed E-state index contributed by atoms with van der Waals surface area (Å²) >= 11 is 0. The summed E-state index contributed by atoms with van der Waals surface area (Å²) in [5, 5.41) is 2.92. The van der Waals surface area contributed by atoms with E-state index in [1.165, 1.54) is 0 Å². The molecule has 0 bridgehead atoms. The second-order valence-corrected chi connectivity index (χ2v) is 5.14. The van der Waals surface area contributed by atoms with Crippen molar-refractivity contribution in [1.29, 1.82) is 0 Å². The van der Waals surface area contributed by atoms with Crippen molar-refractivity contribution >= 4 is 11.7 Å². The molecular weight excluding hydrogens is 246 g/mol. The number of ether oxygens (including phenoxy) is 1. The van der Waals surface area contributed by atoms with Gasteiger partial charge in [0.15, 0.2) is 5.78 Å². The van der Waals surface area contributed by atoms with Crippen LogP contribution in [-0.4, -0.2) is 30.9 Å². The van der Waals surface area contributed by atoms with Crippen molar-refractivity contribution in [3.63, 3.8) is 0 Å².